The summed E-state index contributed by atoms with van der Waals surface area (Å²) in [6.45, 7) is 8.44. The van der Waals surface area contributed by atoms with Gasteiger partial charge >= 0.3 is 0 Å². The number of nitrogens with one attached hydrogen (secondary N) is 1. The van der Waals surface area contributed by atoms with E-state index in [0.717, 1.165) is 30.0 Å². The summed E-state index contributed by atoms with van der Waals surface area (Å²) in [5.41, 5.74) is 0. The largest absolute Gasteiger partial charge is 0.311 e. The summed E-state index contributed by atoms with van der Waals surface area (Å²) in [4.78, 5) is 2.51. The van der Waals surface area contributed by atoms with E-state index in [9.17, 15) is 0 Å². The fourth-order valence-electron chi connectivity index (χ4n) is 3.66. The first-order chi connectivity index (χ1) is 8.06. The molecule has 0 radical (unpaired) electrons. The molecule has 2 aliphatic rings. The third kappa shape index (κ3) is 3.45. The molecular weight excluding hydrogens is 208 g/mol. The lowest BCUT2D eigenvalue weighted by atomic mass is 9.84. The van der Waals surface area contributed by atoms with E-state index in [0.29, 0.717) is 0 Å². The van der Waals surface area contributed by atoms with Crippen LogP contribution in [0.5, 0.6) is 0 Å². The van der Waals surface area contributed by atoms with Crippen molar-refractivity contribution in [3.63, 3.8) is 0 Å². The van der Waals surface area contributed by atoms with Crippen LogP contribution in [0, 0.1) is 11.8 Å². The highest BCUT2D eigenvalue weighted by Gasteiger charge is 2.31. The molecule has 1 saturated carbocycles. The topological polar surface area (TPSA) is 15.3 Å². The summed E-state index contributed by atoms with van der Waals surface area (Å²) in [6, 6.07) is 2.28. The van der Waals surface area contributed by atoms with Gasteiger partial charge < -0.3 is 10.2 Å². The highest BCUT2D eigenvalue weighted by molar-refractivity contribution is 4.89. The van der Waals surface area contributed by atoms with Gasteiger partial charge in [-0.2, -0.15) is 0 Å². The molecule has 100 valence electrons. The van der Waals surface area contributed by atoms with Crippen LogP contribution >= 0.6 is 0 Å². The molecule has 2 rings (SSSR count). The predicted octanol–water partition coefficient (Wildman–Crippen LogP) is 2.88. The second kappa shape index (κ2) is 5.71. The predicted molar refractivity (Wildman–Crippen MR) is 74.2 cm³/mol. The third-order valence-corrected chi connectivity index (χ3v) is 5.00. The Balaban J connectivity index is 1.85. The van der Waals surface area contributed by atoms with Crippen LogP contribution in [0.4, 0.5) is 0 Å². The number of piperidine rings is 1. The van der Waals surface area contributed by atoms with Gasteiger partial charge in [0.05, 0.1) is 0 Å². The van der Waals surface area contributed by atoms with Gasteiger partial charge in [0.1, 0.15) is 0 Å². The maximum atomic E-state index is 3.96. The Labute approximate surface area is 107 Å². The second-order valence-corrected chi connectivity index (χ2v) is 6.74. The standard InChI is InChI=1S/C15H30N2/c1-11-6-5-7-14(8-11)16-15-9-13(3)17(4)10-12(15)2/h11-16H,5-10H2,1-4H3. The van der Waals surface area contributed by atoms with E-state index in [4.69, 9.17) is 0 Å². The van der Waals surface area contributed by atoms with Crippen molar-refractivity contribution in [3.05, 3.63) is 0 Å². The van der Waals surface area contributed by atoms with Gasteiger partial charge in [-0.25, -0.2) is 0 Å². The Kier molecular flexibility index (Phi) is 4.48. The molecule has 0 aromatic rings. The number of hydrogen-bond donors (Lipinski definition) is 1. The van der Waals surface area contributed by atoms with E-state index in [1.165, 1.54) is 38.6 Å². The molecule has 0 aromatic carbocycles. The number of nitrogens with zero attached hydrogens (tertiary/aromatic N) is 1. The van der Waals surface area contributed by atoms with Crippen molar-refractivity contribution >= 4 is 0 Å². The Morgan fingerprint density at radius 1 is 1.06 bits per heavy atom. The van der Waals surface area contributed by atoms with Gasteiger partial charge in [-0.3, -0.25) is 0 Å². The minimum atomic E-state index is 0.740. The number of likely N-dealkylation sites (tertiary alicyclic amines) is 1. The lowest BCUT2D eigenvalue weighted by Gasteiger charge is -2.42. The molecule has 2 nitrogen and oxygen atoms in total. The summed E-state index contributed by atoms with van der Waals surface area (Å²) in [6.07, 6.45) is 6.99. The quantitative estimate of drug-likeness (QED) is 0.796. The summed E-state index contributed by atoms with van der Waals surface area (Å²) < 4.78 is 0. The molecule has 1 saturated heterocycles. The molecule has 0 amide bonds. The van der Waals surface area contributed by atoms with E-state index in [2.05, 4.69) is 38.0 Å². The molecule has 0 spiro atoms. The van der Waals surface area contributed by atoms with E-state index >= 15 is 0 Å². The molecule has 5 atom stereocenters. The molecule has 0 bridgehead atoms. The average molecular weight is 238 g/mol. The molecule has 17 heavy (non-hydrogen) atoms. The molecule has 2 fully saturated rings. The monoisotopic (exact) mass is 238 g/mol. The van der Waals surface area contributed by atoms with Crippen LogP contribution in [0.1, 0.15) is 52.9 Å². The number of rotatable bonds is 2. The molecule has 1 aliphatic carbocycles. The van der Waals surface area contributed by atoms with E-state index in [1.807, 2.05) is 0 Å². The lowest BCUT2D eigenvalue weighted by Crippen LogP contribution is -2.53. The SMILES string of the molecule is CC1CCCC(NC2CC(C)N(C)CC2C)C1. The minimum Gasteiger partial charge on any atom is -0.311 e. The molecule has 2 heteroatoms. The fraction of sp³-hybridized carbons (Fsp3) is 1.00. The number of hydrogen-bond acceptors (Lipinski definition) is 2. The molecule has 0 aromatic heterocycles. The Hall–Kier alpha value is -0.0800. The highest BCUT2D eigenvalue weighted by atomic mass is 15.2. The molecule has 1 aliphatic heterocycles. The molecule has 1 N–H and O–H groups in total. The second-order valence-electron chi connectivity index (χ2n) is 6.74. The van der Waals surface area contributed by atoms with Crippen LogP contribution < -0.4 is 5.32 Å². The van der Waals surface area contributed by atoms with Crippen LogP contribution in [-0.4, -0.2) is 36.6 Å². The molecule has 5 unspecified atom stereocenters. The van der Waals surface area contributed by atoms with Crippen molar-refractivity contribution < 1.29 is 0 Å². The summed E-state index contributed by atoms with van der Waals surface area (Å²) >= 11 is 0. The van der Waals surface area contributed by atoms with Crippen LogP contribution in [0.3, 0.4) is 0 Å². The van der Waals surface area contributed by atoms with Crippen molar-refractivity contribution in [1.29, 1.82) is 0 Å². The first-order valence-electron chi connectivity index (χ1n) is 7.52. The summed E-state index contributed by atoms with van der Waals surface area (Å²) in [5, 5.41) is 3.96. The van der Waals surface area contributed by atoms with Crippen molar-refractivity contribution in [2.45, 2.75) is 71.0 Å². The van der Waals surface area contributed by atoms with Gasteiger partial charge in [-0.1, -0.05) is 26.7 Å². The first-order valence-corrected chi connectivity index (χ1v) is 7.52. The van der Waals surface area contributed by atoms with Crippen LogP contribution in [-0.2, 0) is 0 Å². The zero-order valence-corrected chi connectivity index (χ0v) is 12.1. The summed E-state index contributed by atoms with van der Waals surface area (Å²) in [5.74, 6) is 1.73. The van der Waals surface area contributed by atoms with E-state index in [-0.39, 0.29) is 0 Å². The zero-order chi connectivity index (χ0) is 12.4. The molecule has 1 heterocycles. The zero-order valence-electron chi connectivity index (χ0n) is 12.1. The van der Waals surface area contributed by atoms with Gasteiger partial charge in [0.25, 0.3) is 0 Å². The fourth-order valence-corrected chi connectivity index (χ4v) is 3.66. The first kappa shape index (κ1) is 13.4. The Bertz CT molecular complexity index is 241. The van der Waals surface area contributed by atoms with E-state index < -0.39 is 0 Å². The summed E-state index contributed by atoms with van der Waals surface area (Å²) in [7, 11) is 2.26. The minimum absolute atomic E-state index is 0.740. The van der Waals surface area contributed by atoms with Gasteiger partial charge in [0.15, 0.2) is 0 Å². The van der Waals surface area contributed by atoms with Crippen molar-refractivity contribution in [2.75, 3.05) is 13.6 Å². The van der Waals surface area contributed by atoms with Crippen molar-refractivity contribution in [3.8, 4) is 0 Å². The van der Waals surface area contributed by atoms with Gasteiger partial charge in [0, 0.05) is 24.7 Å². The van der Waals surface area contributed by atoms with Gasteiger partial charge in [-0.15, -0.1) is 0 Å². The highest BCUT2D eigenvalue weighted by Crippen LogP contribution is 2.27. The van der Waals surface area contributed by atoms with Gasteiger partial charge in [0.2, 0.25) is 0 Å². The van der Waals surface area contributed by atoms with Crippen molar-refractivity contribution in [2.24, 2.45) is 11.8 Å². The lowest BCUT2D eigenvalue weighted by molar-refractivity contribution is 0.108. The average Bonchev–Trinajstić information content (AvgIpc) is 2.26. The Morgan fingerprint density at radius 3 is 2.53 bits per heavy atom. The van der Waals surface area contributed by atoms with Crippen LogP contribution in [0.15, 0.2) is 0 Å². The Morgan fingerprint density at radius 2 is 1.82 bits per heavy atom. The normalized spacial score (nSPS) is 44.8. The van der Waals surface area contributed by atoms with Gasteiger partial charge in [-0.05, 0) is 45.1 Å². The smallest absolute Gasteiger partial charge is 0.0122 e. The maximum Gasteiger partial charge on any atom is 0.0122 e. The van der Waals surface area contributed by atoms with Crippen LogP contribution in [0.25, 0.3) is 0 Å². The third-order valence-electron chi connectivity index (χ3n) is 5.00. The van der Waals surface area contributed by atoms with Crippen molar-refractivity contribution in [1.82, 2.24) is 10.2 Å². The van der Waals surface area contributed by atoms with Crippen LogP contribution in [0.2, 0.25) is 0 Å². The van der Waals surface area contributed by atoms with E-state index in [1.54, 1.807) is 0 Å². The molecular formula is C15H30N2. The maximum absolute atomic E-state index is 3.96.